The van der Waals surface area contributed by atoms with Gasteiger partial charge in [-0.2, -0.15) is 0 Å². The maximum Gasteiger partial charge on any atom is 0.673 e. The fourth-order valence-corrected chi connectivity index (χ4v) is 12.4. The van der Waals surface area contributed by atoms with E-state index in [0.717, 1.165) is 0 Å². The van der Waals surface area contributed by atoms with Crippen molar-refractivity contribution in [2.45, 2.75) is 25.7 Å². The number of hydrogen-bond acceptors (Lipinski definition) is 0. The SMILES string of the molecule is C1=CCC/C=C\CC1.F[B-](F)(F)F.[Rh].c1ccc(P(c2ccccc2)c2ccc3ccccc3c2-c2c(P(c3ccccc3)c3ccccc3)ccc3ccccc23)cc1. The molecule has 0 unspecified atom stereocenters. The van der Waals surface area contributed by atoms with Gasteiger partial charge in [0.2, 0.25) is 0 Å². The van der Waals surface area contributed by atoms with Gasteiger partial charge in [-0.05, 0) is 106 Å². The minimum atomic E-state index is -6.00. The van der Waals surface area contributed by atoms with Crippen LogP contribution in [0.3, 0.4) is 0 Å². The largest absolute Gasteiger partial charge is 0.673 e. The van der Waals surface area contributed by atoms with Crippen LogP contribution in [0.5, 0.6) is 0 Å². The Morgan fingerprint density at radius 3 is 0.850 bits per heavy atom. The normalized spacial score (nSPS) is 13.0. The molecular weight excluding hydrogens is 876 g/mol. The van der Waals surface area contributed by atoms with E-state index < -0.39 is 23.1 Å². The van der Waals surface area contributed by atoms with E-state index in [1.807, 2.05) is 0 Å². The van der Waals surface area contributed by atoms with Crippen LogP contribution in [0.25, 0.3) is 32.7 Å². The second-order valence-corrected chi connectivity index (χ2v) is 18.3. The fraction of sp³-hybridized carbons (Fsp3) is 0.0769. The smallest absolute Gasteiger partial charge is 0.418 e. The van der Waals surface area contributed by atoms with Gasteiger partial charge >= 0.3 is 7.25 Å². The van der Waals surface area contributed by atoms with Gasteiger partial charge in [-0.15, -0.1) is 0 Å². The molecule has 1 aliphatic rings. The molecule has 0 fully saturated rings. The summed E-state index contributed by atoms with van der Waals surface area (Å²) < 4.78 is 39.0. The number of fused-ring (bicyclic) bond motifs is 2. The van der Waals surface area contributed by atoms with Crippen molar-refractivity contribution in [3.8, 4) is 11.1 Å². The van der Waals surface area contributed by atoms with Crippen LogP contribution in [-0.4, -0.2) is 7.25 Å². The van der Waals surface area contributed by atoms with Crippen LogP contribution in [0.15, 0.2) is 218 Å². The molecular formula is C52H44BF4P2Rh-. The predicted octanol–water partition coefficient (Wildman–Crippen LogP) is 13.1. The summed E-state index contributed by atoms with van der Waals surface area (Å²) in [5.74, 6) is 0. The molecule has 0 atom stereocenters. The molecule has 0 aliphatic heterocycles. The van der Waals surface area contributed by atoms with Gasteiger partial charge in [0.25, 0.3) is 0 Å². The summed E-state index contributed by atoms with van der Waals surface area (Å²) in [4.78, 5) is 0. The molecule has 8 heteroatoms. The third-order valence-corrected chi connectivity index (χ3v) is 14.9. The molecule has 0 heterocycles. The topological polar surface area (TPSA) is 0 Å². The molecule has 0 nitrogen and oxygen atoms in total. The number of hydrogen-bond donors (Lipinski definition) is 0. The maximum atomic E-state index is 9.75. The maximum absolute atomic E-state index is 9.75. The number of rotatable bonds is 7. The quantitative estimate of drug-likeness (QED) is 0.0647. The third-order valence-electron chi connectivity index (χ3n) is 9.94. The molecule has 1 radical (unpaired) electrons. The zero-order valence-electron chi connectivity index (χ0n) is 32.9. The summed E-state index contributed by atoms with van der Waals surface area (Å²) in [5, 5.41) is 13.3. The minimum Gasteiger partial charge on any atom is -0.418 e. The summed E-state index contributed by atoms with van der Waals surface area (Å²) >= 11 is 0. The Morgan fingerprint density at radius 1 is 0.317 bits per heavy atom. The molecule has 1 aliphatic carbocycles. The Hall–Kier alpha value is -4.97. The minimum absolute atomic E-state index is 0. The van der Waals surface area contributed by atoms with E-state index >= 15 is 0 Å². The predicted molar refractivity (Wildman–Crippen MR) is 251 cm³/mol. The zero-order valence-corrected chi connectivity index (χ0v) is 36.4. The van der Waals surface area contributed by atoms with E-state index in [1.54, 1.807) is 0 Å². The molecule has 0 aromatic heterocycles. The van der Waals surface area contributed by atoms with Gasteiger partial charge in [0.1, 0.15) is 0 Å². The van der Waals surface area contributed by atoms with Gasteiger partial charge in [0.05, 0.1) is 0 Å². The van der Waals surface area contributed by atoms with E-state index in [0.29, 0.717) is 0 Å². The number of halogens is 4. The molecule has 0 saturated heterocycles. The summed E-state index contributed by atoms with van der Waals surface area (Å²) in [5.41, 5.74) is 2.70. The van der Waals surface area contributed by atoms with Gasteiger partial charge in [0.15, 0.2) is 0 Å². The first-order chi connectivity index (χ1) is 28.9. The molecule has 9 rings (SSSR count). The Kier molecular flexibility index (Phi) is 16.4. The zero-order chi connectivity index (χ0) is 40.9. The summed E-state index contributed by atoms with van der Waals surface area (Å²) in [7, 11) is -7.70. The van der Waals surface area contributed by atoms with Crippen LogP contribution in [-0.2, 0) is 19.5 Å². The van der Waals surface area contributed by atoms with Crippen molar-refractivity contribution in [2.24, 2.45) is 0 Å². The van der Waals surface area contributed by atoms with Gasteiger partial charge < -0.3 is 17.3 Å². The first-order valence-corrected chi connectivity index (χ1v) is 22.6. The Bertz CT molecular complexity index is 2340. The van der Waals surface area contributed by atoms with Crippen LogP contribution in [0, 0.1) is 0 Å². The Morgan fingerprint density at radius 2 is 0.567 bits per heavy atom. The standard InChI is InChI=1S/C44H32P2.C8H12.BF4.Rh/c1-5-19-35(20-6-1)45(36-21-7-2-8-22-36)41-31-29-33-17-13-15-27-39(33)43(41)44-40-28-16-14-18-34(40)30-32-42(44)46(37-23-9-3-10-24-37)38-25-11-4-12-26-38;1-2-4-6-8-7-5-3-1;2-1(3,4)5;/h1-32H;1-2,7-8H,3-6H2;;/q;;-1;/b;2-1-,8-7?;;. The van der Waals surface area contributed by atoms with Crippen molar-refractivity contribution in [1.82, 2.24) is 0 Å². The summed E-state index contributed by atoms with van der Waals surface area (Å²) in [6, 6.07) is 71.8. The number of allylic oxidation sites excluding steroid dienone is 4. The summed E-state index contributed by atoms with van der Waals surface area (Å²) in [6.45, 7) is 0. The van der Waals surface area contributed by atoms with Crippen molar-refractivity contribution in [2.75, 3.05) is 0 Å². The van der Waals surface area contributed by atoms with Crippen LogP contribution in [0.4, 0.5) is 17.3 Å². The second-order valence-electron chi connectivity index (χ2n) is 14.0. The average Bonchev–Trinajstić information content (AvgIpc) is 3.25. The molecule has 8 aromatic rings. The first-order valence-electron chi connectivity index (χ1n) is 19.9. The van der Waals surface area contributed by atoms with E-state index in [2.05, 4.69) is 218 Å². The molecule has 8 aromatic carbocycles. The summed E-state index contributed by atoms with van der Waals surface area (Å²) in [6.07, 6.45) is 14.0. The molecule has 60 heavy (non-hydrogen) atoms. The second kappa shape index (κ2) is 22.0. The van der Waals surface area contributed by atoms with Gasteiger partial charge in [-0.1, -0.05) is 218 Å². The van der Waals surface area contributed by atoms with Crippen molar-refractivity contribution in [1.29, 1.82) is 0 Å². The molecule has 0 amide bonds. The first kappa shape index (κ1) is 44.6. The molecule has 0 saturated carbocycles. The van der Waals surface area contributed by atoms with Crippen molar-refractivity contribution >= 4 is 76.5 Å². The molecule has 0 bridgehead atoms. The van der Waals surface area contributed by atoms with E-state index in [9.17, 15) is 17.3 Å². The van der Waals surface area contributed by atoms with Gasteiger partial charge in [0, 0.05) is 19.5 Å². The third kappa shape index (κ3) is 11.6. The molecule has 0 N–H and O–H groups in total. The Balaban J connectivity index is 0.000000373. The van der Waals surface area contributed by atoms with Crippen molar-refractivity contribution in [3.05, 3.63) is 218 Å². The molecule has 303 valence electrons. The van der Waals surface area contributed by atoms with Crippen molar-refractivity contribution in [3.63, 3.8) is 0 Å². The van der Waals surface area contributed by atoms with E-state index in [1.165, 1.54) is 90.2 Å². The molecule has 0 spiro atoms. The van der Waals surface area contributed by atoms with E-state index in [-0.39, 0.29) is 19.5 Å². The van der Waals surface area contributed by atoms with Crippen molar-refractivity contribution < 1.29 is 36.7 Å². The average molecular weight is 921 g/mol. The van der Waals surface area contributed by atoms with Gasteiger partial charge in [-0.3, -0.25) is 0 Å². The number of benzene rings is 8. The monoisotopic (exact) mass is 920 g/mol. The van der Waals surface area contributed by atoms with E-state index in [4.69, 9.17) is 0 Å². The van der Waals surface area contributed by atoms with Crippen LogP contribution in [0.1, 0.15) is 25.7 Å². The Labute approximate surface area is 366 Å². The van der Waals surface area contributed by atoms with Crippen LogP contribution < -0.4 is 31.8 Å². The van der Waals surface area contributed by atoms with Crippen LogP contribution in [0.2, 0.25) is 0 Å². The van der Waals surface area contributed by atoms with Crippen LogP contribution >= 0.6 is 15.8 Å². The fourth-order valence-electron chi connectivity index (χ4n) is 7.44. The van der Waals surface area contributed by atoms with Gasteiger partial charge in [-0.25, -0.2) is 0 Å².